The van der Waals surface area contributed by atoms with Gasteiger partial charge in [-0.1, -0.05) is 0 Å². The fourth-order valence-corrected chi connectivity index (χ4v) is 2.44. The van der Waals surface area contributed by atoms with E-state index < -0.39 is 0 Å². The zero-order valence-corrected chi connectivity index (χ0v) is 10.9. The molecule has 8 nitrogen and oxygen atoms in total. The van der Waals surface area contributed by atoms with Crippen LogP contribution in [-0.2, 0) is 4.74 Å². The van der Waals surface area contributed by atoms with Crippen molar-refractivity contribution in [1.29, 1.82) is 0 Å². The van der Waals surface area contributed by atoms with Crippen LogP contribution in [0.15, 0.2) is 12.4 Å². The van der Waals surface area contributed by atoms with E-state index in [0.717, 1.165) is 5.82 Å². The Morgan fingerprint density at radius 1 is 1.47 bits per heavy atom. The third-order valence-electron chi connectivity index (χ3n) is 3.10. The standard InChI is InChI=1S/C11H16N6O2/c1-11(2)7-16(5-8(6-18)19-11)10-4-12-3-9-13-14-15-17(9)10/h3-4,8,18H,5-7H2,1-2H3. The van der Waals surface area contributed by atoms with Crippen molar-refractivity contribution in [2.75, 3.05) is 24.6 Å². The summed E-state index contributed by atoms with van der Waals surface area (Å²) in [6.07, 6.45) is 3.10. The van der Waals surface area contributed by atoms with Crippen LogP contribution in [-0.4, -0.2) is 61.5 Å². The first kappa shape index (κ1) is 12.2. The molecule has 1 N–H and O–H groups in total. The predicted octanol–water partition coefficient (Wildman–Crippen LogP) is -0.505. The molecule has 1 atom stereocenters. The Kier molecular flexibility index (Phi) is 2.83. The van der Waals surface area contributed by atoms with E-state index in [0.29, 0.717) is 18.7 Å². The molecule has 2 aromatic rings. The van der Waals surface area contributed by atoms with Crippen molar-refractivity contribution in [3.8, 4) is 0 Å². The molecular formula is C11H16N6O2. The van der Waals surface area contributed by atoms with Crippen molar-refractivity contribution in [3.05, 3.63) is 12.4 Å². The smallest absolute Gasteiger partial charge is 0.199 e. The first-order valence-corrected chi connectivity index (χ1v) is 6.15. The van der Waals surface area contributed by atoms with Gasteiger partial charge in [-0.2, -0.15) is 4.52 Å². The highest BCUT2D eigenvalue weighted by Gasteiger charge is 2.34. The van der Waals surface area contributed by atoms with Crippen LogP contribution in [0.3, 0.4) is 0 Å². The van der Waals surface area contributed by atoms with E-state index in [1.54, 1.807) is 16.9 Å². The second kappa shape index (κ2) is 4.39. The van der Waals surface area contributed by atoms with Crippen molar-refractivity contribution in [3.63, 3.8) is 0 Å². The van der Waals surface area contributed by atoms with E-state index in [1.165, 1.54) is 0 Å². The van der Waals surface area contributed by atoms with Gasteiger partial charge >= 0.3 is 0 Å². The molecule has 0 saturated carbocycles. The quantitative estimate of drug-likeness (QED) is 0.781. The van der Waals surface area contributed by atoms with Crippen LogP contribution in [0.25, 0.3) is 5.65 Å². The van der Waals surface area contributed by atoms with Crippen molar-refractivity contribution < 1.29 is 9.84 Å². The number of aromatic nitrogens is 5. The summed E-state index contributed by atoms with van der Waals surface area (Å²) in [6, 6.07) is 0. The molecule has 0 radical (unpaired) electrons. The molecule has 19 heavy (non-hydrogen) atoms. The van der Waals surface area contributed by atoms with Gasteiger partial charge < -0.3 is 14.7 Å². The van der Waals surface area contributed by atoms with E-state index in [-0.39, 0.29) is 18.3 Å². The lowest BCUT2D eigenvalue weighted by Gasteiger charge is -2.42. The minimum Gasteiger partial charge on any atom is -0.394 e. The largest absolute Gasteiger partial charge is 0.394 e. The SMILES string of the molecule is CC1(C)CN(c2cncc3nnnn23)CC(CO)O1. The number of tetrazole rings is 1. The van der Waals surface area contributed by atoms with Gasteiger partial charge in [0.1, 0.15) is 0 Å². The van der Waals surface area contributed by atoms with Gasteiger partial charge in [0, 0.05) is 13.1 Å². The topological polar surface area (TPSA) is 88.7 Å². The summed E-state index contributed by atoms with van der Waals surface area (Å²) in [6.45, 7) is 5.24. The Balaban J connectivity index is 1.98. The van der Waals surface area contributed by atoms with Gasteiger partial charge in [-0.25, -0.2) is 0 Å². The Labute approximate surface area is 110 Å². The van der Waals surface area contributed by atoms with Crippen LogP contribution in [0.4, 0.5) is 5.82 Å². The zero-order chi connectivity index (χ0) is 13.5. The fourth-order valence-electron chi connectivity index (χ4n) is 2.44. The molecule has 1 aliphatic rings. The lowest BCUT2D eigenvalue weighted by molar-refractivity contribution is -0.101. The van der Waals surface area contributed by atoms with Gasteiger partial charge in [0.25, 0.3) is 0 Å². The summed E-state index contributed by atoms with van der Waals surface area (Å²) >= 11 is 0. The predicted molar refractivity (Wildman–Crippen MR) is 66.8 cm³/mol. The van der Waals surface area contributed by atoms with Crippen LogP contribution < -0.4 is 4.90 Å². The van der Waals surface area contributed by atoms with Crippen LogP contribution in [0.2, 0.25) is 0 Å². The molecule has 3 heterocycles. The van der Waals surface area contributed by atoms with Crippen LogP contribution >= 0.6 is 0 Å². The molecule has 3 rings (SSSR count). The molecule has 1 saturated heterocycles. The maximum atomic E-state index is 9.35. The number of morpholine rings is 1. The molecule has 102 valence electrons. The van der Waals surface area contributed by atoms with Crippen molar-refractivity contribution >= 4 is 11.5 Å². The number of nitrogens with zero attached hydrogens (tertiary/aromatic N) is 6. The maximum Gasteiger partial charge on any atom is 0.199 e. The zero-order valence-electron chi connectivity index (χ0n) is 10.9. The van der Waals surface area contributed by atoms with Gasteiger partial charge in [0.2, 0.25) is 0 Å². The molecule has 2 aromatic heterocycles. The molecule has 1 unspecified atom stereocenters. The lowest BCUT2D eigenvalue weighted by Crippen LogP contribution is -2.54. The summed E-state index contributed by atoms with van der Waals surface area (Å²) in [5.41, 5.74) is 0.254. The monoisotopic (exact) mass is 264 g/mol. The van der Waals surface area contributed by atoms with Gasteiger partial charge in [-0.15, -0.1) is 5.10 Å². The molecule has 0 aromatic carbocycles. The van der Waals surface area contributed by atoms with E-state index >= 15 is 0 Å². The summed E-state index contributed by atoms with van der Waals surface area (Å²) < 4.78 is 7.44. The molecule has 0 bridgehead atoms. The van der Waals surface area contributed by atoms with Crippen LogP contribution in [0.1, 0.15) is 13.8 Å². The summed E-state index contributed by atoms with van der Waals surface area (Å²) in [7, 11) is 0. The van der Waals surface area contributed by atoms with E-state index in [1.807, 2.05) is 13.8 Å². The third kappa shape index (κ3) is 2.24. The number of aliphatic hydroxyl groups is 1. The number of fused-ring (bicyclic) bond motifs is 1. The summed E-state index contributed by atoms with van der Waals surface area (Å²) in [5, 5.41) is 20.8. The normalized spacial score (nSPS) is 22.9. The second-order valence-electron chi connectivity index (χ2n) is 5.28. The lowest BCUT2D eigenvalue weighted by atomic mass is 10.1. The minimum absolute atomic E-state index is 0.0149. The molecular weight excluding hydrogens is 248 g/mol. The van der Waals surface area contributed by atoms with E-state index in [4.69, 9.17) is 4.74 Å². The van der Waals surface area contributed by atoms with E-state index in [9.17, 15) is 5.11 Å². The minimum atomic E-state index is -0.345. The molecule has 1 aliphatic heterocycles. The van der Waals surface area contributed by atoms with Gasteiger partial charge in [0.05, 0.1) is 30.7 Å². The number of hydrogen-bond donors (Lipinski definition) is 1. The van der Waals surface area contributed by atoms with Gasteiger partial charge in [-0.05, 0) is 24.3 Å². The Morgan fingerprint density at radius 3 is 3.11 bits per heavy atom. The first-order chi connectivity index (χ1) is 9.09. The number of ether oxygens (including phenoxy) is 1. The number of rotatable bonds is 2. The second-order valence-corrected chi connectivity index (χ2v) is 5.28. The van der Waals surface area contributed by atoms with Gasteiger partial charge in [-0.3, -0.25) is 4.98 Å². The Bertz CT molecular complexity index is 583. The number of anilines is 1. The summed E-state index contributed by atoms with van der Waals surface area (Å²) in [4.78, 5) is 6.23. The molecule has 0 aliphatic carbocycles. The average molecular weight is 264 g/mol. The molecule has 0 amide bonds. The summed E-state index contributed by atoms with van der Waals surface area (Å²) in [5.74, 6) is 0.803. The van der Waals surface area contributed by atoms with Crippen LogP contribution in [0, 0.1) is 0 Å². The van der Waals surface area contributed by atoms with E-state index in [2.05, 4.69) is 25.4 Å². The van der Waals surface area contributed by atoms with Crippen molar-refractivity contribution in [2.24, 2.45) is 0 Å². The Morgan fingerprint density at radius 2 is 2.32 bits per heavy atom. The number of hydrogen-bond acceptors (Lipinski definition) is 7. The average Bonchev–Trinajstić information content (AvgIpc) is 2.84. The highest BCUT2D eigenvalue weighted by atomic mass is 16.5. The highest BCUT2D eigenvalue weighted by Crippen LogP contribution is 2.25. The van der Waals surface area contributed by atoms with Gasteiger partial charge in [0.15, 0.2) is 11.5 Å². The van der Waals surface area contributed by atoms with Crippen LogP contribution in [0.5, 0.6) is 0 Å². The number of aliphatic hydroxyl groups excluding tert-OH is 1. The molecule has 8 heteroatoms. The van der Waals surface area contributed by atoms with Crippen molar-refractivity contribution in [1.82, 2.24) is 25.0 Å². The third-order valence-corrected chi connectivity index (χ3v) is 3.10. The Hall–Kier alpha value is -1.80. The van der Waals surface area contributed by atoms with Crippen molar-refractivity contribution in [2.45, 2.75) is 25.6 Å². The highest BCUT2D eigenvalue weighted by molar-refractivity contribution is 5.46. The first-order valence-electron chi connectivity index (χ1n) is 6.15. The molecule has 0 spiro atoms. The maximum absolute atomic E-state index is 9.35. The fraction of sp³-hybridized carbons (Fsp3) is 0.636. The molecule has 1 fully saturated rings.